The Hall–Kier alpha value is -1.07. The predicted molar refractivity (Wildman–Crippen MR) is 53.7 cm³/mol. The summed E-state index contributed by atoms with van der Waals surface area (Å²) >= 11 is 3.29. The van der Waals surface area contributed by atoms with Gasteiger partial charge in [-0.05, 0) is 15.9 Å². The Bertz CT molecular complexity index is 320. The molecule has 4 nitrogen and oxygen atoms in total. The molecule has 0 radical (unpaired) electrons. The highest BCUT2D eigenvalue weighted by Gasteiger charge is 2.05. The highest BCUT2D eigenvalue weighted by atomic mass is 79.9. The van der Waals surface area contributed by atoms with Crippen molar-refractivity contribution < 1.29 is 5.32 Å². The highest BCUT2D eigenvalue weighted by molar-refractivity contribution is 9.12. The van der Waals surface area contributed by atoms with Crippen LogP contribution in [0.2, 0.25) is 0 Å². The quantitative estimate of drug-likeness (QED) is 0.747. The second kappa shape index (κ2) is 4.84. The normalized spacial score (nSPS) is 11.4. The molecular formula is C8H10BrN4+. The van der Waals surface area contributed by atoms with Crippen molar-refractivity contribution in [2.45, 2.75) is 0 Å². The van der Waals surface area contributed by atoms with Crippen molar-refractivity contribution in [2.24, 2.45) is 0 Å². The minimum Gasteiger partial charge on any atom is -0.321 e. The van der Waals surface area contributed by atoms with E-state index < -0.39 is 0 Å². The molecule has 1 rings (SSSR count). The molecule has 0 spiro atoms. The standard InChI is InChI=1S/C8H9BrN4/c1-11-4-7(9)8(10)6-2-12-5-13-3-6/h2-5,10-11H,1H3/p+1/b7-4+,10-8?. The van der Waals surface area contributed by atoms with E-state index in [-0.39, 0.29) is 0 Å². The van der Waals surface area contributed by atoms with E-state index in [1.807, 2.05) is 18.6 Å². The molecule has 0 saturated carbocycles. The van der Waals surface area contributed by atoms with E-state index in [1.165, 1.54) is 6.33 Å². The van der Waals surface area contributed by atoms with Crippen LogP contribution < -0.4 is 5.32 Å². The van der Waals surface area contributed by atoms with Crippen LogP contribution in [0.4, 0.5) is 0 Å². The van der Waals surface area contributed by atoms with Crippen LogP contribution in [0.1, 0.15) is 5.56 Å². The number of aromatic nitrogens is 2. The lowest BCUT2D eigenvalue weighted by molar-refractivity contribution is -0.556. The molecule has 1 heterocycles. The van der Waals surface area contributed by atoms with E-state index in [4.69, 9.17) is 5.41 Å². The van der Waals surface area contributed by atoms with Crippen LogP contribution in [0.5, 0.6) is 0 Å². The van der Waals surface area contributed by atoms with Gasteiger partial charge in [-0.1, -0.05) is 0 Å². The number of halogens is 1. The topological polar surface area (TPSA) is 66.2 Å². The molecule has 0 unspecified atom stereocenters. The number of rotatable bonds is 3. The minimum atomic E-state index is 0.388. The van der Waals surface area contributed by atoms with Crippen LogP contribution in [0.3, 0.4) is 0 Å². The summed E-state index contributed by atoms with van der Waals surface area (Å²) in [6.45, 7) is 0. The summed E-state index contributed by atoms with van der Waals surface area (Å²) in [6, 6.07) is 0. The number of hydrogen-bond donors (Lipinski definition) is 2. The van der Waals surface area contributed by atoms with E-state index in [1.54, 1.807) is 12.4 Å². The molecule has 0 aromatic carbocycles. The summed E-state index contributed by atoms with van der Waals surface area (Å²) < 4.78 is 0.727. The maximum Gasteiger partial charge on any atom is 0.115 e. The van der Waals surface area contributed by atoms with Crippen molar-refractivity contribution in [1.29, 1.82) is 5.41 Å². The van der Waals surface area contributed by atoms with Gasteiger partial charge in [0.2, 0.25) is 0 Å². The molecule has 68 valence electrons. The average Bonchev–Trinajstić information content (AvgIpc) is 2.18. The Labute approximate surface area is 84.7 Å². The fourth-order valence-electron chi connectivity index (χ4n) is 0.796. The maximum atomic E-state index is 7.72. The van der Waals surface area contributed by atoms with Crippen molar-refractivity contribution in [2.75, 3.05) is 7.05 Å². The van der Waals surface area contributed by atoms with Crippen molar-refractivity contribution in [3.63, 3.8) is 0 Å². The predicted octanol–water partition coefficient (Wildman–Crippen LogP) is 0.274. The molecule has 13 heavy (non-hydrogen) atoms. The van der Waals surface area contributed by atoms with Crippen LogP contribution >= 0.6 is 15.9 Å². The van der Waals surface area contributed by atoms with Gasteiger partial charge in [-0.15, -0.1) is 0 Å². The lowest BCUT2D eigenvalue weighted by Gasteiger charge is -1.99. The number of nitrogens with one attached hydrogen (secondary N) is 1. The molecule has 0 atom stereocenters. The first kappa shape index (κ1) is 10.0. The molecule has 0 bridgehead atoms. The molecule has 0 saturated heterocycles. The molecule has 0 aliphatic heterocycles. The molecule has 0 aliphatic carbocycles. The van der Waals surface area contributed by atoms with E-state index in [9.17, 15) is 0 Å². The van der Waals surface area contributed by atoms with Crippen LogP contribution in [0.25, 0.3) is 0 Å². The largest absolute Gasteiger partial charge is 0.321 e. The van der Waals surface area contributed by atoms with E-state index in [0.717, 1.165) is 4.48 Å². The van der Waals surface area contributed by atoms with Crippen LogP contribution in [0, 0.1) is 5.41 Å². The maximum absolute atomic E-state index is 7.72. The fourth-order valence-corrected chi connectivity index (χ4v) is 1.29. The fraction of sp³-hybridized carbons (Fsp3) is 0.125. The summed E-state index contributed by atoms with van der Waals surface area (Å²) in [5.74, 6) is 0. The molecule has 3 N–H and O–H groups in total. The van der Waals surface area contributed by atoms with E-state index >= 15 is 0 Å². The van der Waals surface area contributed by atoms with Gasteiger partial charge >= 0.3 is 0 Å². The van der Waals surface area contributed by atoms with Crippen molar-refractivity contribution in [1.82, 2.24) is 9.97 Å². The molecule has 0 amide bonds. The van der Waals surface area contributed by atoms with Crippen LogP contribution in [-0.2, 0) is 0 Å². The number of nitrogens with two attached hydrogens (primary N) is 1. The molecule has 1 aromatic heterocycles. The van der Waals surface area contributed by atoms with Gasteiger partial charge in [0.1, 0.15) is 12.5 Å². The van der Waals surface area contributed by atoms with Gasteiger partial charge in [0.25, 0.3) is 0 Å². The Balaban J connectivity index is 2.86. The number of allylic oxidation sites excluding steroid dienone is 1. The van der Waals surface area contributed by atoms with E-state index in [2.05, 4.69) is 25.9 Å². The average molecular weight is 242 g/mol. The summed E-state index contributed by atoms with van der Waals surface area (Å²) in [4.78, 5) is 7.68. The van der Waals surface area contributed by atoms with Crippen molar-refractivity contribution >= 4 is 21.6 Å². The smallest absolute Gasteiger partial charge is 0.115 e. The zero-order valence-corrected chi connectivity index (χ0v) is 8.75. The van der Waals surface area contributed by atoms with Gasteiger partial charge in [0, 0.05) is 18.0 Å². The second-order valence-corrected chi connectivity index (χ2v) is 3.20. The van der Waals surface area contributed by atoms with Gasteiger partial charge in [-0.3, -0.25) is 5.41 Å². The molecule has 0 aliphatic rings. The Morgan fingerprint density at radius 2 is 2.15 bits per heavy atom. The number of nitrogens with zero attached hydrogens (tertiary/aromatic N) is 2. The summed E-state index contributed by atoms with van der Waals surface area (Å²) in [6.07, 6.45) is 6.48. The van der Waals surface area contributed by atoms with Gasteiger partial charge in [0.15, 0.2) is 0 Å². The number of quaternary nitrogens is 1. The summed E-state index contributed by atoms with van der Waals surface area (Å²) in [5.41, 5.74) is 1.09. The Morgan fingerprint density at radius 1 is 1.54 bits per heavy atom. The Kier molecular flexibility index (Phi) is 3.72. The van der Waals surface area contributed by atoms with Crippen LogP contribution in [-0.4, -0.2) is 22.7 Å². The SMILES string of the molecule is C[NH2+]/C=C(/Br)C(=N)c1cncnc1. The molecule has 1 aromatic rings. The van der Waals surface area contributed by atoms with Gasteiger partial charge in [-0.25, -0.2) is 9.97 Å². The first-order valence-electron chi connectivity index (χ1n) is 3.75. The zero-order chi connectivity index (χ0) is 9.68. The first-order valence-corrected chi connectivity index (χ1v) is 4.54. The second-order valence-electron chi connectivity index (χ2n) is 2.35. The minimum absolute atomic E-state index is 0.388. The molecule has 5 heteroatoms. The third-order valence-corrected chi connectivity index (χ3v) is 2.06. The van der Waals surface area contributed by atoms with Gasteiger partial charge < -0.3 is 5.32 Å². The van der Waals surface area contributed by atoms with Crippen LogP contribution in [0.15, 0.2) is 29.4 Å². The molecule has 0 fully saturated rings. The monoisotopic (exact) mass is 241 g/mol. The van der Waals surface area contributed by atoms with E-state index in [0.29, 0.717) is 11.3 Å². The number of hydrogen-bond acceptors (Lipinski definition) is 3. The zero-order valence-electron chi connectivity index (χ0n) is 7.16. The molecular weight excluding hydrogens is 232 g/mol. The summed E-state index contributed by atoms with van der Waals surface area (Å²) in [5, 5.41) is 9.59. The lowest BCUT2D eigenvalue weighted by Crippen LogP contribution is -2.73. The Morgan fingerprint density at radius 3 is 2.69 bits per heavy atom. The van der Waals surface area contributed by atoms with Gasteiger partial charge in [-0.2, -0.15) is 0 Å². The van der Waals surface area contributed by atoms with Crippen molar-refractivity contribution in [3.8, 4) is 0 Å². The third-order valence-electron chi connectivity index (χ3n) is 1.40. The van der Waals surface area contributed by atoms with Gasteiger partial charge in [0.05, 0.1) is 17.2 Å². The summed E-state index contributed by atoms with van der Waals surface area (Å²) in [7, 11) is 1.90. The highest BCUT2D eigenvalue weighted by Crippen LogP contribution is 2.10. The lowest BCUT2D eigenvalue weighted by atomic mass is 10.2. The first-order chi connectivity index (χ1) is 6.25. The van der Waals surface area contributed by atoms with Crippen molar-refractivity contribution in [3.05, 3.63) is 35.0 Å². The third kappa shape index (κ3) is 2.71.